The molecule has 0 radical (unpaired) electrons. The van der Waals surface area contributed by atoms with Crippen molar-refractivity contribution in [3.63, 3.8) is 0 Å². The molecule has 0 saturated heterocycles. The number of rotatable bonds is 5. The highest BCUT2D eigenvalue weighted by Crippen LogP contribution is 2.13. The zero-order valence-corrected chi connectivity index (χ0v) is 8.49. The molecule has 0 bridgehead atoms. The molecule has 0 fully saturated rings. The maximum atomic E-state index is 11.5. The number of nitrogens with one attached hydrogen (secondary N) is 1. The zero-order valence-electron chi connectivity index (χ0n) is 7.60. The van der Waals surface area contributed by atoms with Crippen LogP contribution in [-0.4, -0.2) is 37.1 Å². The second kappa shape index (κ2) is 6.13. The second-order valence-corrected chi connectivity index (χ2v) is 3.41. The molecule has 3 nitrogen and oxygen atoms in total. The molecule has 0 aliphatic carbocycles. The molecule has 0 rings (SSSR count). The average Bonchev–Trinajstić information content (AvgIpc) is 2.01. The molecular weight excluding hydrogens is 219 g/mol. The number of ether oxygens (including phenoxy) is 1. The Balaban J connectivity index is 3.35. The Bertz CT molecular complexity index is 184. The first-order valence-electron chi connectivity index (χ1n) is 3.93. The average molecular weight is 231 g/mol. The lowest BCUT2D eigenvalue weighted by Gasteiger charge is -2.09. The van der Waals surface area contributed by atoms with Gasteiger partial charge in [-0.25, -0.2) is 0 Å². The van der Waals surface area contributed by atoms with Crippen molar-refractivity contribution in [1.29, 1.82) is 0 Å². The van der Waals surface area contributed by atoms with Gasteiger partial charge in [-0.2, -0.15) is 25.8 Å². The van der Waals surface area contributed by atoms with Crippen molar-refractivity contribution in [3.8, 4) is 0 Å². The smallest absolute Gasteiger partial charge is 0.370 e. The molecule has 1 amide bonds. The first-order valence-corrected chi connectivity index (χ1v) is 4.45. The molecule has 0 saturated carbocycles. The van der Waals surface area contributed by atoms with Crippen molar-refractivity contribution in [2.24, 2.45) is 0 Å². The highest BCUT2D eigenvalue weighted by atomic mass is 32.1. The van der Waals surface area contributed by atoms with E-state index in [1.165, 1.54) is 0 Å². The van der Waals surface area contributed by atoms with Gasteiger partial charge in [0, 0.05) is 6.54 Å². The van der Waals surface area contributed by atoms with E-state index < -0.39 is 18.0 Å². The summed E-state index contributed by atoms with van der Waals surface area (Å²) in [6.45, 7) is 0.167. The van der Waals surface area contributed by atoms with Crippen LogP contribution >= 0.6 is 12.6 Å². The Morgan fingerprint density at radius 3 is 2.57 bits per heavy atom. The summed E-state index contributed by atoms with van der Waals surface area (Å²) in [5.74, 6) is -0.330. The van der Waals surface area contributed by atoms with E-state index >= 15 is 0 Å². The van der Waals surface area contributed by atoms with E-state index in [1.807, 2.05) is 0 Å². The predicted molar refractivity (Wildman–Crippen MR) is 48.3 cm³/mol. The van der Waals surface area contributed by atoms with Crippen LogP contribution in [0.2, 0.25) is 0 Å². The predicted octanol–water partition coefficient (Wildman–Crippen LogP) is 1.000. The van der Waals surface area contributed by atoms with Gasteiger partial charge in [-0.3, -0.25) is 4.79 Å². The topological polar surface area (TPSA) is 38.3 Å². The first kappa shape index (κ1) is 13.6. The van der Waals surface area contributed by atoms with Gasteiger partial charge in [-0.1, -0.05) is 0 Å². The summed E-state index contributed by atoms with van der Waals surface area (Å²) in [6, 6.07) is 0. The Labute approximate surface area is 85.4 Å². The summed E-state index contributed by atoms with van der Waals surface area (Å²) < 4.78 is 38.9. The van der Waals surface area contributed by atoms with Crippen molar-refractivity contribution >= 4 is 18.5 Å². The number of hydrogen-bond donors (Lipinski definition) is 2. The molecule has 0 aromatic carbocycles. The summed E-state index contributed by atoms with van der Waals surface area (Å²) >= 11 is 3.83. The third-order valence-corrected chi connectivity index (χ3v) is 1.43. The lowest BCUT2D eigenvalue weighted by Crippen LogP contribution is -2.33. The van der Waals surface area contributed by atoms with Crippen LogP contribution in [0.25, 0.3) is 0 Å². The minimum atomic E-state index is -4.32. The summed E-state index contributed by atoms with van der Waals surface area (Å²) in [5.41, 5.74) is 0. The summed E-state index contributed by atoms with van der Waals surface area (Å²) in [4.78, 5) is 10.8. The Hall–Kier alpha value is -0.430. The molecule has 1 unspecified atom stereocenters. The Kier molecular flexibility index (Phi) is 5.94. The lowest BCUT2D eigenvalue weighted by atomic mass is 10.4. The fourth-order valence-electron chi connectivity index (χ4n) is 0.582. The minimum absolute atomic E-state index is 0.0554. The molecule has 84 valence electrons. The van der Waals surface area contributed by atoms with E-state index in [2.05, 4.69) is 22.7 Å². The number of alkyl halides is 3. The van der Waals surface area contributed by atoms with Gasteiger partial charge in [0.15, 0.2) is 0 Å². The number of hydrogen-bond acceptors (Lipinski definition) is 3. The highest BCUT2D eigenvalue weighted by Gasteiger charge is 2.27. The van der Waals surface area contributed by atoms with Gasteiger partial charge in [0.05, 0.1) is 11.9 Å². The zero-order chi connectivity index (χ0) is 11.2. The number of thiol groups is 1. The van der Waals surface area contributed by atoms with E-state index in [9.17, 15) is 18.0 Å². The highest BCUT2D eigenvalue weighted by molar-refractivity contribution is 7.81. The number of amides is 1. The third-order valence-electron chi connectivity index (χ3n) is 1.19. The van der Waals surface area contributed by atoms with Crippen LogP contribution in [0.1, 0.15) is 6.92 Å². The summed E-state index contributed by atoms with van der Waals surface area (Å²) in [7, 11) is 0. The van der Waals surface area contributed by atoms with Crippen LogP contribution in [0.3, 0.4) is 0 Å². The van der Waals surface area contributed by atoms with Gasteiger partial charge in [0.2, 0.25) is 5.91 Å². The molecule has 1 N–H and O–H groups in total. The SMILES string of the molecule is CC(S)C(=O)NCCOCC(F)(F)F. The summed E-state index contributed by atoms with van der Waals surface area (Å²) in [6.07, 6.45) is -4.32. The second-order valence-electron chi connectivity index (χ2n) is 2.63. The van der Waals surface area contributed by atoms with E-state index in [0.717, 1.165) is 0 Å². The maximum absolute atomic E-state index is 11.5. The normalized spacial score (nSPS) is 13.8. The van der Waals surface area contributed by atoms with Crippen LogP contribution in [0.4, 0.5) is 13.2 Å². The lowest BCUT2D eigenvalue weighted by molar-refractivity contribution is -0.173. The van der Waals surface area contributed by atoms with Gasteiger partial charge in [-0.15, -0.1) is 0 Å². The molecule has 1 atom stereocenters. The molecular formula is C7H12F3NO2S. The third kappa shape index (κ3) is 8.18. The van der Waals surface area contributed by atoms with Crippen molar-refractivity contribution < 1.29 is 22.7 Å². The Morgan fingerprint density at radius 1 is 1.57 bits per heavy atom. The fourth-order valence-corrected chi connectivity index (χ4v) is 0.673. The van der Waals surface area contributed by atoms with E-state index in [1.54, 1.807) is 6.92 Å². The van der Waals surface area contributed by atoms with E-state index in [4.69, 9.17) is 0 Å². The molecule has 7 heteroatoms. The minimum Gasteiger partial charge on any atom is -0.370 e. The molecule has 14 heavy (non-hydrogen) atoms. The van der Waals surface area contributed by atoms with Crippen LogP contribution in [-0.2, 0) is 9.53 Å². The van der Waals surface area contributed by atoms with Gasteiger partial charge >= 0.3 is 6.18 Å². The van der Waals surface area contributed by atoms with Crippen LogP contribution in [0, 0.1) is 0 Å². The van der Waals surface area contributed by atoms with Gasteiger partial charge in [0.25, 0.3) is 0 Å². The van der Waals surface area contributed by atoms with Crippen molar-refractivity contribution in [3.05, 3.63) is 0 Å². The molecule has 0 aliphatic heterocycles. The molecule has 0 spiro atoms. The standard InChI is InChI=1S/C7H12F3NO2S/c1-5(14)6(12)11-2-3-13-4-7(8,9)10/h5,14H,2-4H2,1H3,(H,11,12). The van der Waals surface area contributed by atoms with E-state index in [-0.39, 0.29) is 19.1 Å². The van der Waals surface area contributed by atoms with E-state index in [0.29, 0.717) is 0 Å². The van der Waals surface area contributed by atoms with Crippen molar-refractivity contribution in [2.45, 2.75) is 18.3 Å². The maximum Gasteiger partial charge on any atom is 0.411 e. The molecule has 0 aromatic rings. The number of halogens is 3. The molecule has 0 aliphatic rings. The largest absolute Gasteiger partial charge is 0.411 e. The van der Waals surface area contributed by atoms with Crippen LogP contribution in [0.5, 0.6) is 0 Å². The van der Waals surface area contributed by atoms with Gasteiger partial charge in [-0.05, 0) is 6.92 Å². The van der Waals surface area contributed by atoms with Crippen LogP contribution in [0.15, 0.2) is 0 Å². The van der Waals surface area contributed by atoms with Crippen LogP contribution < -0.4 is 5.32 Å². The number of carbonyl (C=O) groups is 1. The van der Waals surface area contributed by atoms with Crippen molar-refractivity contribution in [2.75, 3.05) is 19.8 Å². The van der Waals surface area contributed by atoms with Gasteiger partial charge in [0.1, 0.15) is 6.61 Å². The first-order chi connectivity index (χ1) is 6.33. The fraction of sp³-hybridized carbons (Fsp3) is 0.857. The number of carbonyl (C=O) groups excluding carboxylic acids is 1. The van der Waals surface area contributed by atoms with Crippen molar-refractivity contribution in [1.82, 2.24) is 5.32 Å². The molecule has 0 heterocycles. The molecule has 0 aromatic heterocycles. The monoisotopic (exact) mass is 231 g/mol. The Morgan fingerprint density at radius 2 is 2.14 bits per heavy atom. The van der Waals surface area contributed by atoms with Gasteiger partial charge < -0.3 is 10.1 Å². The quantitative estimate of drug-likeness (QED) is 0.547. The summed E-state index contributed by atoms with van der Waals surface area (Å²) in [5, 5.41) is 1.89.